The molecule has 29 heavy (non-hydrogen) atoms. The van der Waals surface area contributed by atoms with E-state index in [-0.39, 0.29) is 6.10 Å². The molecule has 3 heteroatoms. The van der Waals surface area contributed by atoms with Crippen molar-refractivity contribution in [2.45, 2.75) is 44.4 Å². The number of pyridine rings is 1. The van der Waals surface area contributed by atoms with Gasteiger partial charge in [-0.2, -0.15) is 0 Å². The lowest BCUT2D eigenvalue weighted by molar-refractivity contribution is -0.965. The normalized spacial score (nSPS) is 35.1. The van der Waals surface area contributed by atoms with Crippen LogP contribution in [0.2, 0.25) is 0 Å². The highest BCUT2D eigenvalue weighted by atomic mass is 16.5. The summed E-state index contributed by atoms with van der Waals surface area (Å²) < 4.78 is 7.71. The maximum Gasteiger partial charge on any atom is 0.213 e. The van der Waals surface area contributed by atoms with Gasteiger partial charge in [-0.1, -0.05) is 42.5 Å². The minimum Gasteiger partial charge on any atom is -0.468 e. The summed E-state index contributed by atoms with van der Waals surface area (Å²) >= 11 is 0. The molecule has 0 unspecified atom stereocenters. The Balaban J connectivity index is 1.35. The average Bonchev–Trinajstić information content (AvgIpc) is 3.31. The summed E-state index contributed by atoms with van der Waals surface area (Å²) in [5, 5.41) is 2.69. The second kappa shape index (κ2) is 6.30. The third-order valence-corrected chi connectivity index (χ3v) is 8.52. The Labute approximate surface area is 172 Å². The molecular weight excluding hydrogens is 356 g/mol. The molecule has 1 aromatic heterocycles. The molecule has 0 radical (unpaired) electrons. The van der Waals surface area contributed by atoms with Gasteiger partial charge in [0.05, 0.1) is 12.5 Å². The van der Waals surface area contributed by atoms with Gasteiger partial charge in [-0.3, -0.25) is 0 Å². The van der Waals surface area contributed by atoms with E-state index in [1.807, 2.05) is 24.4 Å². The van der Waals surface area contributed by atoms with Crippen molar-refractivity contribution in [2.75, 3.05) is 13.1 Å². The molecule has 0 bridgehead atoms. The van der Waals surface area contributed by atoms with Crippen molar-refractivity contribution >= 4 is 10.8 Å². The van der Waals surface area contributed by atoms with Crippen LogP contribution in [0.3, 0.4) is 0 Å². The Hall–Kier alpha value is -2.39. The first-order valence-electron chi connectivity index (χ1n) is 11.1. The predicted octanol–water partition coefficient (Wildman–Crippen LogP) is 5.20. The van der Waals surface area contributed by atoms with Crippen LogP contribution in [-0.2, 0) is 6.54 Å². The quantitative estimate of drug-likeness (QED) is 0.576. The van der Waals surface area contributed by atoms with Gasteiger partial charge >= 0.3 is 0 Å². The Morgan fingerprint density at radius 1 is 1.00 bits per heavy atom. The smallest absolute Gasteiger partial charge is 0.213 e. The third kappa shape index (κ3) is 2.50. The predicted molar refractivity (Wildman–Crippen MR) is 116 cm³/mol. The van der Waals surface area contributed by atoms with Crippen LogP contribution in [-0.4, -0.2) is 34.2 Å². The number of ether oxygens (including phenoxy) is 1. The van der Waals surface area contributed by atoms with Gasteiger partial charge in [0, 0.05) is 30.2 Å². The fraction of sp³-hybridized carbons (Fsp3) is 0.423. The summed E-state index contributed by atoms with van der Waals surface area (Å²) in [4.78, 5) is 4.45. The zero-order valence-electron chi connectivity index (χ0n) is 17.1. The van der Waals surface area contributed by atoms with E-state index in [1.54, 1.807) is 0 Å². The zero-order valence-corrected chi connectivity index (χ0v) is 17.1. The Morgan fingerprint density at radius 2 is 1.86 bits per heavy atom. The molecule has 1 saturated carbocycles. The summed E-state index contributed by atoms with van der Waals surface area (Å²) in [7, 11) is 0. The molecule has 6 rings (SSSR count). The number of rotatable bonds is 4. The standard InChI is InChI=1S/C26H29N2O/c1-26-22-11-12-23(26)24(29-25-8-4-5-14-27-25)18-28(26,15-13-22)17-19-9-10-20-6-2-3-7-21(20)16-19/h2-10,14,16,22-24H,11-13,15,17-18H2,1H3/q+1/t22-,23+,24-,26+,28+/m0/s1. The van der Waals surface area contributed by atoms with Crippen molar-refractivity contribution in [3.63, 3.8) is 0 Å². The van der Waals surface area contributed by atoms with Crippen LogP contribution >= 0.6 is 0 Å². The van der Waals surface area contributed by atoms with Gasteiger partial charge in [-0.25, -0.2) is 4.98 Å². The number of nitrogens with zero attached hydrogens (tertiary/aromatic N) is 2. The van der Waals surface area contributed by atoms with Crippen molar-refractivity contribution in [2.24, 2.45) is 11.8 Å². The molecule has 0 amide bonds. The van der Waals surface area contributed by atoms with Crippen LogP contribution in [0.1, 0.15) is 31.7 Å². The highest BCUT2D eigenvalue weighted by Crippen LogP contribution is 2.61. The fourth-order valence-corrected chi connectivity index (χ4v) is 7.10. The van der Waals surface area contributed by atoms with E-state index in [0.29, 0.717) is 11.5 Å². The van der Waals surface area contributed by atoms with Crippen molar-refractivity contribution in [1.29, 1.82) is 0 Å². The second-order valence-corrected chi connectivity index (χ2v) is 9.61. The lowest BCUT2D eigenvalue weighted by Gasteiger charge is -2.43. The van der Waals surface area contributed by atoms with Crippen LogP contribution in [0.15, 0.2) is 66.9 Å². The molecule has 2 saturated heterocycles. The van der Waals surface area contributed by atoms with E-state index in [2.05, 4.69) is 54.4 Å². The van der Waals surface area contributed by atoms with Gasteiger partial charge in [0.25, 0.3) is 0 Å². The molecule has 3 heterocycles. The highest BCUT2D eigenvalue weighted by Gasteiger charge is 2.71. The molecule has 3 nitrogen and oxygen atoms in total. The average molecular weight is 386 g/mol. The summed E-state index contributed by atoms with van der Waals surface area (Å²) in [6, 6.07) is 21.8. The second-order valence-electron chi connectivity index (χ2n) is 9.61. The van der Waals surface area contributed by atoms with E-state index < -0.39 is 0 Å². The monoisotopic (exact) mass is 385 g/mol. The molecule has 1 aliphatic carbocycles. The first-order chi connectivity index (χ1) is 14.2. The minimum atomic E-state index is 0.278. The number of benzene rings is 2. The number of hydrogen-bond donors (Lipinski definition) is 0. The maximum absolute atomic E-state index is 6.51. The van der Waals surface area contributed by atoms with Crippen LogP contribution in [0.25, 0.3) is 10.8 Å². The van der Waals surface area contributed by atoms with Gasteiger partial charge in [0.2, 0.25) is 5.88 Å². The first-order valence-corrected chi connectivity index (χ1v) is 11.1. The number of quaternary nitrogens is 1. The zero-order chi connectivity index (χ0) is 19.5. The molecule has 2 aromatic carbocycles. The van der Waals surface area contributed by atoms with Crippen LogP contribution in [0.4, 0.5) is 0 Å². The van der Waals surface area contributed by atoms with Gasteiger partial charge < -0.3 is 9.22 Å². The van der Waals surface area contributed by atoms with Crippen LogP contribution in [0.5, 0.6) is 5.88 Å². The minimum absolute atomic E-state index is 0.278. The topological polar surface area (TPSA) is 22.1 Å². The van der Waals surface area contributed by atoms with Crippen molar-refractivity contribution in [1.82, 2.24) is 4.98 Å². The number of aromatic nitrogens is 1. The van der Waals surface area contributed by atoms with Gasteiger partial charge in [0.1, 0.15) is 18.6 Å². The van der Waals surface area contributed by atoms with E-state index in [4.69, 9.17) is 4.74 Å². The number of hydrogen-bond acceptors (Lipinski definition) is 2. The van der Waals surface area contributed by atoms with Gasteiger partial charge in [-0.15, -0.1) is 0 Å². The SMILES string of the molecule is C[C@@]12[C@H]3CC[C@@H]1[C@@H](Oc1ccccn1)C[N@+]2(Cc1ccc2ccccc2c1)CC3. The summed E-state index contributed by atoms with van der Waals surface area (Å²) in [6.07, 6.45) is 6.15. The molecule has 2 aliphatic heterocycles. The van der Waals surface area contributed by atoms with Crippen molar-refractivity contribution < 1.29 is 9.22 Å². The maximum atomic E-state index is 6.51. The Bertz CT molecular complexity index is 1050. The van der Waals surface area contributed by atoms with Gasteiger partial charge in [-0.05, 0) is 42.7 Å². The van der Waals surface area contributed by atoms with Gasteiger partial charge in [0.15, 0.2) is 6.10 Å². The summed E-state index contributed by atoms with van der Waals surface area (Å²) in [5.41, 5.74) is 1.81. The highest BCUT2D eigenvalue weighted by molar-refractivity contribution is 5.82. The fourth-order valence-electron chi connectivity index (χ4n) is 7.10. The molecule has 3 aliphatic rings. The molecule has 3 aromatic rings. The summed E-state index contributed by atoms with van der Waals surface area (Å²) in [6.45, 7) is 6.09. The third-order valence-electron chi connectivity index (χ3n) is 8.52. The molecular formula is C26H29N2O+. The Kier molecular flexibility index (Phi) is 3.80. The van der Waals surface area contributed by atoms with E-state index in [9.17, 15) is 0 Å². The molecule has 5 atom stereocenters. The van der Waals surface area contributed by atoms with E-state index >= 15 is 0 Å². The van der Waals surface area contributed by atoms with E-state index in [1.165, 1.54) is 46.6 Å². The van der Waals surface area contributed by atoms with E-state index in [0.717, 1.165) is 24.9 Å². The largest absolute Gasteiger partial charge is 0.468 e. The molecule has 0 spiro atoms. The molecule has 148 valence electrons. The van der Waals surface area contributed by atoms with Crippen molar-refractivity contribution in [3.8, 4) is 5.88 Å². The Morgan fingerprint density at radius 3 is 2.72 bits per heavy atom. The molecule has 0 N–H and O–H groups in total. The first kappa shape index (κ1) is 17.5. The van der Waals surface area contributed by atoms with Crippen molar-refractivity contribution in [3.05, 3.63) is 72.4 Å². The number of fused-ring (bicyclic) bond motifs is 1. The summed E-state index contributed by atoms with van der Waals surface area (Å²) in [5.74, 6) is 2.26. The lowest BCUT2D eigenvalue weighted by Crippen LogP contribution is -2.57. The van der Waals surface area contributed by atoms with Crippen LogP contribution in [0, 0.1) is 11.8 Å². The lowest BCUT2D eigenvalue weighted by atomic mass is 9.83. The van der Waals surface area contributed by atoms with Crippen LogP contribution < -0.4 is 4.74 Å². The molecule has 3 fully saturated rings.